The molecule has 2 aromatic rings. The number of hydrogen-bond donors (Lipinski definition) is 0. The Hall–Kier alpha value is -3.24. The van der Waals surface area contributed by atoms with Crippen molar-refractivity contribution in [1.29, 1.82) is 5.26 Å². The van der Waals surface area contributed by atoms with Gasteiger partial charge in [0.25, 0.3) is 11.8 Å². The van der Waals surface area contributed by atoms with Gasteiger partial charge in [-0.05, 0) is 25.2 Å². The standard InChI is InChI=1S/C20H21N5O2/c1-23(9-11-24(2)18-7-8-22-14-15(18)13-21)10-12-25-19(26)16-5-3-4-6-17(16)20(25)27/h3-8,14H,9-12H2,1-2H3. The van der Waals surface area contributed by atoms with Crippen molar-refractivity contribution >= 4 is 17.5 Å². The maximum absolute atomic E-state index is 12.4. The molecule has 0 fully saturated rings. The number of pyridine rings is 1. The molecule has 0 N–H and O–H groups in total. The van der Waals surface area contributed by atoms with Gasteiger partial charge >= 0.3 is 0 Å². The van der Waals surface area contributed by atoms with Crippen LogP contribution in [0.4, 0.5) is 5.69 Å². The van der Waals surface area contributed by atoms with Crippen LogP contribution in [0.5, 0.6) is 0 Å². The van der Waals surface area contributed by atoms with Crippen molar-refractivity contribution in [1.82, 2.24) is 14.8 Å². The number of hydrogen-bond acceptors (Lipinski definition) is 6. The second kappa shape index (κ2) is 7.98. The van der Waals surface area contributed by atoms with Crippen LogP contribution in [0.25, 0.3) is 0 Å². The normalized spacial score (nSPS) is 13.0. The van der Waals surface area contributed by atoms with E-state index in [9.17, 15) is 14.9 Å². The first-order valence-electron chi connectivity index (χ1n) is 8.72. The third kappa shape index (κ3) is 3.81. The number of rotatable bonds is 7. The smallest absolute Gasteiger partial charge is 0.261 e. The van der Waals surface area contributed by atoms with E-state index < -0.39 is 0 Å². The summed E-state index contributed by atoms with van der Waals surface area (Å²) in [5.74, 6) is -0.451. The molecule has 0 saturated heterocycles. The molecule has 3 rings (SSSR count). The number of anilines is 1. The SMILES string of the molecule is CN(CCN1C(=O)c2ccccc2C1=O)CCN(C)c1ccncc1C#N. The maximum atomic E-state index is 12.4. The van der Waals surface area contributed by atoms with Crippen molar-refractivity contribution in [3.8, 4) is 6.07 Å². The van der Waals surface area contributed by atoms with Crippen LogP contribution in [0.2, 0.25) is 0 Å². The number of imide groups is 1. The first-order chi connectivity index (χ1) is 13.0. The van der Waals surface area contributed by atoms with Gasteiger partial charge in [-0.15, -0.1) is 0 Å². The molecule has 0 radical (unpaired) electrons. The van der Waals surface area contributed by atoms with E-state index in [1.165, 1.54) is 4.90 Å². The molecule has 2 heterocycles. The molecule has 0 spiro atoms. The number of benzene rings is 1. The van der Waals surface area contributed by atoms with Gasteiger partial charge in [-0.1, -0.05) is 12.1 Å². The van der Waals surface area contributed by atoms with Crippen LogP contribution < -0.4 is 4.90 Å². The van der Waals surface area contributed by atoms with Gasteiger partial charge in [-0.2, -0.15) is 5.26 Å². The number of likely N-dealkylation sites (N-methyl/N-ethyl adjacent to an activating group) is 2. The van der Waals surface area contributed by atoms with Crippen LogP contribution >= 0.6 is 0 Å². The Morgan fingerprint density at radius 2 is 1.70 bits per heavy atom. The predicted molar refractivity (Wildman–Crippen MR) is 102 cm³/mol. The largest absolute Gasteiger partial charge is 0.372 e. The lowest BCUT2D eigenvalue weighted by Crippen LogP contribution is -2.39. The number of fused-ring (bicyclic) bond motifs is 1. The zero-order valence-electron chi connectivity index (χ0n) is 15.4. The zero-order chi connectivity index (χ0) is 19.4. The summed E-state index contributed by atoms with van der Waals surface area (Å²) >= 11 is 0. The van der Waals surface area contributed by atoms with Crippen LogP contribution in [0.15, 0.2) is 42.7 Å². The molecule has 2 amide bonds. The highest BCUT2D eigenvalue weighted by molar-refractivity contribution is 6.21. The molecule has 0 bridgehead atoms. The lowest BCUT2D eigenvalue weighted by Gasteiger charge is -2.25. The first-order valence-corrected chi connectivity index (χ1v) is 8.72. The van der Waals surface area contributed by atoms with E-state index in [0.717, 1.165) is 12.2 Å². The second-order valence-corrected chi connectivity index (χ2v) is 6.54. The summed E-state index contributed by atoms with van der Waals surface area (Å²) < 4.78 is 0. The summed E-state index contributed by atoms with van der Waals surface area (Å²) in [4.78, 5) is 34.1. The Morgan fingerprint density at radius 3 is 2.33 bits per heavy atom. The minimum atomic E-state index is -0.225. The molecule has 138 valence electrons. The molecule has 1 aliphatic rings. The van der Waals surface area contributed by atoms with Crippen molar-refractivity contribution in [2.75, 3.05) is 45.2 Å². The Kier molecular flexibility index (Phi) is 5.48. The predicted octanol–water partition coefficient (Wildman–Crippen LogP) is 1.62. The van der Waals surface area contributed by atoms with Gasteiger partial charge in [0.1, 0.15) is 6.07 Å². The molecule has 0 aliphatic carbocycles. The number of carbonyl (C=O) groups excluding carboxylic acids is 2. The Balaban J connectivity index is 1.52. The minimum Gasteiger partial charge on any atom is -0.372 e. The number of nitrogens with zero attached hydrogens (tertiary/aromatic N) is 5. The fourth-order valence-electron chi connectivity index (χ4n) is 3.07. The van der Waals surface area contributed by atoms with Crippen LogP contribution in [0.3, 0.4) is 0 Å². The van der Waals surface area contributed by atoms with Crippen molar-refractivity contribution in [2.45, 2.75) is 0 Å². The van der Waals surface area contributed by atoms with Gasteiger partial charge in [0.05, 0.1) is 22.4 Å². The van der Waals surface area contributed by atoms with Gasteiger partial charge < -0.3 is 9.80 Å². The molecule has 1 aromatic carbocycles. The molecule has 7 heteroatoms. The average Bonchev–Trinajstić information content (AvgIpc) is 2.95. The van der Waals surface area contributed by atoms with E-state index in [-0.39, 0.29) is 11.8 Å². The van der Waals surface area contributed by atoms with E-state index in [1.54, 1.807) is 36.7 Å². The fourth-order valence-corrected chi connectivity index (χ4v) is 3.07. The highest BCUT2D eigenvalue weighted by Crippen LogP contribution is 2.22. The van der Waals surface area contributed by atoms with Gasteiger partial charge in [0, 0.05) is 45.6 Å². The summed E-state index contributed by atoms with van der Waals surface area (Å²) in [6, 6.07) is 10.9. The summed E-state index contributed by atoms with van der Waals surface area (Å²) in [6.45, 7) is 2.37. The zero-order valence-corrected chi connectivity index (χ0v) is 15.4. The number of amides is 2. The van der Waals surface area contributed by atoms with Crippen molar-refractivity contribution < 1.29 is 9.59 Å². The Morgan fingerprint density at radius 1 is 1.04 bits per heavy atom. The molecule has 0 unspecified atom stereocenters. The van der Waals surface area contributed by atoms with E-state index in [2.05, 4.69) is 16.0 Å². The summed E-state index contributed by atoms with van der Waals surface area (Å²) in [7, 11) is 3.87. The number of carbonyl (C=O) groups is 2. The van der Waals surface area contributed by atoms with E-state index in [0.29, 0.717) is 36.3 Å². The summed E-state index contributed by atoms with van der Waals surface area (Å²) in [5, 5.41) is 9.18. The monoisotopic (exact) mass is 363 g/mol. The summed E-state index contributed by atoms with van der Waals surface area (Å²) in [5.41, 5.74) is 2.33. The molecule has 27 heavy (non-hydrogen) atoms. The van der Waals surface area contributed by atoms with Crippen LogP contribution in [-0.4, -0.2) is 66.9 Å². The quantitative estimate of drug-likeness (QED) is 0.696. The van der Waals surface area contributed by atoms with E-state index >= 15 is 0 Å². The van der Waals surface area contributed by atoms with Crippen LogP contribution in [0.1, 0.15) is 26.3 Å². The second-order valence-electron chi connectivity index (χ2n) is 6.54. The van der Waals surface area contributed by atoms with Crippen LogP contribution in [-0.2, 0) is 0 Å². The number of aromatic nitrogens is 1. The highest BCUT2D eigenvalue weighted by Gasteiger charge is 2.34. The molecule has 7 nitrogen and oxygen atoms in total. The molecule has 0 atom stereocenters. The fraction of sp³-hybridized carbons (Fsp3) is 0.300. The van der Waals surface area contributed by atoms with E-state index in [1.807, 2.05) is 25.1 Å². The lowest BCUT2D eigenvalue weighted by atomic mass is 10.1. The van der Waals surface area contributed by atoms with Gasteiger partial charge in [-0.25, -0.2) is 0 Å². The van der Waals surface area contributed by atoms with Gasteiger partial charge in [0.2, 0.25) is 0 Å². The third-order valence-corrected chi connectivity index (χ3v) is 4.73. The topological polar surface area (TPSA) is 80.5 Å². The van der Waals surface area contributed by atoms with Crippen molar-refractivity contribution in [3.63, 3.8) is 0 Å². The highest BCUT2D eigenvalue weighted by atomic mass is 16.2. The molecular weight excluding hydrogens is 342 g/mol. The Bertz CT molecular complexity index is 870. The van der Waals surface area contributed by atoms with Crippen molar-refractivity contribution in [2.24, 2.45) is 0 Å². The Labute approximate surface area is 158 Å². The number of nitriles is 1. The average molecular weight is 363 g/mol. The molecule has 1 aliphatic heterocycles. The van der Waals surface area contributed by atoms with Gasteiger partial charge in [-0.3, -0.25) is 19.5 Å². The van der Waals surface area contributed by atoms with Crippen LogP contribution in [0, 0.1) is 11.3 Å². The van der Waals surface area contributed by atoms with Crippen molar-refractivity contribution in [3.05, 3.63) is 59.4 Å². The first kappa shape index (κ1) is 18.5. The molecule has 0 saturated carbocycles. The van der Waals surface area contributed by atoms with Gasteiger partial charge in [0.15, 0.2) is 0 Å². The molecule has 1 aromatic heterocycles. The maximum Gasteiger partial charge on any atom is 0.261 e. The minimum absolute atomic E-state index is 0.225. The molecular formula is C20H21N5O2. The van der Waals surface area contributed by atoms with E-state index in [4.69, 9.17) is 0 Å². The third-order valence-electron chi connectivity index (χ3n) is 4.73. The lowest BCUT2D eigenvalue weighted by molar-refractivity contribution is 0.0641. The summed E-state index contributed by atoms with van der Waals surface area (Å²) in [6.07, 6.45) is 3.22.